The predicted molar refractivity (Wildman–Crippen MR) is 56.9 cm³/mol. The van der Waals surface area contributed by atoms with E-state index in [4.69, 9.17) is 5.73 Å². The van der Waals surface area contributed by atoms with Crippen LogP contribution in [0.15, 0.2) is 24.5 Å². The molecule has 1 aromatic heterocycles. The zero-order valence-corrected chi connectivity index (χ0v) is 8.56. The second-order valence-electron chi connectivity index (χ2n) is 3.52. The van der Waals surface area contributed by atoms with Crippen molar-refractivity contribution in [2.75, 3.05) is 6.54 Å². The summed E-state index contributed by atoms with van der Waals surface area (Å²) in [7, 11) is 0. The molecule has 0 aliphatic heterocycles. The van der Waals surface area contributed by atoms with Crippen LogP contribution in [0.25, 0.3) is 0 Å². The molecular weight excluding hydrogens is 176 g/mol. The van der Waals surface area contributed by atoms with Gasteiger partial charge in [0, 0.05) is 18.9 Å². The molecule has 0 amide bonds. The van der Waals surface area contributed by atoms with Gasteiger partial charge < -0.3 is 10.8 Å². The highest BCUT2D eigenvalue weighted by Crippen LogP contribution is 2.23. The van der Waals surface area contributed by atoms with E-state index in [9.17, 15) is 5.11 Å². The van der Waals surface area contributed by atoms with Crippen molar-refractivity contribution in [3.05, 3.63) is 30.1 Å². The second-order valence-corrected chi connectivity index (χ2v) is 3.52. The van der Waals surface area contributed by atoms with Crippen molar-refractivity contribution in [2.24, 2.45) is 5.73 Å². The van der Waals surface area contributed by atoms with Gasteiger partial charge in [0.1, 0.15) is 0 Å². The third-order valence-electron chi connectivity index (χ3n) is 2.48. The molecule has 3 nitrogen and oxygen atoms in total. The summed E-state index contributed by atoms with van der Waals surface area (Å²) in [6.45, 7) is 2.44. The lowest BCUT2D eigenvalue weighted by Gasteiger charge is -2.17. The highest BCUT2D eigenvalue weighted by atomic mass is 16.3. The zero-order chi connectivity index (χ0) is 10.4. The first kappa shape index (κ1) is 11.1. The quantitative estimate of drug-likeness (QED) is 0.742. The maximum atomic E-state index is 9.48. The minimum atomic E-state index is -0.403. The van der Waals surface area contributed by atoms with E-state index in [1.54, 1.807) is 6.20 Å². The standard InChI is InChI=1S/C11H18N2O/c1-2-9(6-11(14)7-12)10-4-3-5-13-8-10/h3-5,8-9,11,14H,2,6-7,12H2,1H3. The summed E-state index contributed by atoms with van der Waals surface area (Å²) in [4.78, 5) is 4.07. The Morgan fingerprint density at radius 2 is 2.36 bits per heavy atom. The van der Waals surface area contributed by atoms with Gasteiger partial charge in [0.2, 0.25) is 0 Å². The number of nitrogens with zero attached hydrogens (tertiary/aromatic N) is 1. The highest BCUT2D eigenvalue weighted by Gasteiger charge is 2.13. The Hall–Kier alpha value is -0.930. The van der Waals surface area contributed by atoms with Gasteiger partial charge in [0.25, 0.3) is 0 Å². The fraction of sp³-hybridized carbons (Fsp3) is 0.545. The molecule has 3 N–H and O–H groups in total. The molecule has 0 fully saturated rings. The minimum absolute atomic E-state index is 0.330. The molecule has 3 heteroatoms. The molecule has 14 heavy (non-hydrogen) atoms. The lowest BCUT2D eigenvalue weighted by atomic mass is 9.92. The summed E-state index contributed by atoms with van der Waals surface area (Å²) < 4.78 is 0. The number of aliphatic hydroxyl groups is 1. The van der Waals surface area contributed by atoms with Crippen LogP contribution in [0.2, 0.25) is 0 Å². The van der Waals surface area contributed by atoms with Crippen molar-refractivity contribution in [1.82, 2.24) is 4.98 Å². The molecular formula is C11H18N2O. The Kier molecular flexibility index (Phi) is 4.56. The van der Waals surface area contributed by atoms with Gasteiger partial charge in [0.05, 0.1) is 6.10 Å². The van der Waals surface area contributed by atoms with Crippen molar-refractivity contribution in [3.8, 4) is 0 Å². The Bertz CT molecular complexity index is 251. The van der Waals surface area contributed by atoms with E-state index in [0.717, 1.165) is 12.8 Å². The molecule has 0 radical (unpaired) electrons. The van der Waals surface area contributed by atoms with Gasteiger partial charge in [-0.1, -0.05) is 13.0 Å². The summed E-state index contributed by atoms with van der Waals surface area (Å²) in [6.07, 6.45) is 4.94. The van der Waals surface area contributed by atoms with E-state index >= 15 is 0 Å². The summed E-state index contributed by atoms with van der Waals surface area (Å²) in [5, 5.41) is 9.48. The Morgan fingerprint density at radius 1 is 1.57 bits per heavy atom. The number of pyridine rings is 1. The Labute approximate surface area is 85.0 Å². The van der Waals surface area contributed by atoms with Crippen LogP contribution in [0.5, 0.6) is 0 Å². The number of rotatable bonds is 5. The lowest BCUT2D eigenvalue weighted by molar-refractivity contribution is 0.162. The first-order valence-electron chi connectivity index (χ1n) is 5.06. The van der Waals surface area contributed by atoms with E-state index < -0.39 is 6.10 Å². The van der Waals surface area contributed by atoms with Crippen molar-refractivity contribution in [1.29, 1.82) is 0 Å². The largest absolute Gasteiger partial charge is 0.392 e. The first-order valence-corrected chi connectivity index (χ1v) is 5.06. The van der Waals surface area contributed by atoms with Crippen LogP contribution in [0, 0.1) is 0 Å². The van der Waals surface area contributed by atoms with Gasteiger partial charge in [-0.3, -0.25) is 4.98 Å². The van der Waals surface area contributed by atoms with Crippen molar-refractivity contribution in [2.45, 2.75) is 31.8 Å². The van der Waals surface area contributed by atoms with Crippen molar-refractivity contribution in [3.63, 3.8) is 0 Å². The van der Waals surface area contributed by atoms with E-state index in [2.05, 4.69) is 11.9 Å². The summed E-state index contributed by atoms with van der Waals surface area (Å²) in [6, 6.07) is 3.97. The van der Waals surface area contributed by atoms with Crippen LogP contribution >= 0.6 is 0 Å². The third-order valence-corrected chi connectivity index (χ3v) is 2.48. The number of aromatic nitrogens is 1. The van der Waals surface area contributed by atoms with Crippen molar-refractivity contribution >= 4 is 0 Å². The van der Waals surface area contributed by atoms with Gasteiger partial charge in [0.15, 0.2) is 0 Å². The van der Waals surface area contributed by atoms with Gasteiger partial charge in [-0.05, 0) is 30.4 Å². The van der Waals surface area contributed by atoms with Crippen LogP contribution in [0.1, 0.15) is 31.2 Å². The molecule has 78 valence electrons. The van der Waals surface area contributed by atoms with E-state index in [1.807, 2.05) is 18.3 Å². The summed E-state index contributed by atoms with van der Waals surface area (Å²) >= 11 is 0. The summed E-state index contributed by atoms with van der Waals surface area (Å²) in [5.41, 5.74) is 6.57. The van der Waals surface area contributed by atoms with Crippen molar-refractivity contribution < 1.29 is 5.11 Å². The molecule has 0 saturated carbocycles. The molecule has 1 heterocycles. The fourth-order valence-corrected chi connectivity index (χ4v) is 1.58. The molecule has 0 aromatic carbocycles. The van der Waals surface area contributed by atoms with E-state index in [0.29, 0.717) is 12.5 Å². The molecule has 1 aromatic rings. The molecule has 0 aliphatic rings. The van der Waals surface area contributed by atoms with Crippen LogP contribution < -0.4 is 5.73 Å². The third kappa shape index (κ3) is 3.09. The van der Waals surface area contributed by atoms with E-state index in [-0.39, 0.29) is 0 Å². The Balaban J connectivity index is 2.63. The monoisotopic (exact) mass is 194 g/mol. The maximum absolute atomic E-state index is 9.48. The molecule has 2 unspecified atom stereocenters. The average molecular weight is 194 g/mol. The minimum Gasteiger partial charge on any atom is -0.392 e. The number of hydrogen-bond donors (Lipinski definition) is 2. The molecule has 1 rings (SSSR count). The molecule has 0 spiro atoms. The summed E-state index contributed by atoms with van der Waals surface area (Å²) in [5.74, 6) is 0.363. The maximum Gasteiger partial charge on any atom is 0.0668 e. The number of hydrogen-bond acceptors (Lipinski definition) is 3. The Morgan fingerprint density at radius 3 is 2.86 bits per heavy atom. The number of aliphatic hydroxyl groups excluding tert-OH is 1. The molecule has 0 aliphatic carbocycles. The van der Waals surface area contributed by atoms with Gasteiger partial charge in [-0.25, -0.2) is 0 Å². The smallest absolute Gasteiger partial charge is 0.0668 e. The van der Waals surface area contributed by atoms with Gasteiger partial charge in [-0.15, -0.1) is 0 Å². The molecule has 0 saturated heterocycles. The SMILES string of the molecule is CCC(CC(O)CN)c1cccnc1. The average Bonchev–Trinajstić information content (AvgIpc) is 2.26. The van der Waals surface area contributed by atoms with Gasteiger partial charge in [-0.2, -0.15) is 0 Å². The van der Waals surface area contributed by atoms with Crippen LogP contribution in [-0.4, -0.2) is 22.7 Å². The number of nitrogens with two attached hydrogens (primary N) is 1. The normalized spacial score (nSPS) is 15.1. The highest BCUT2D eigenvalue weighted by molar-refractivity contribution is 5.14. The van der Waals surface area contributed by atoms with Gasteiger partial charge >= 0.3 is 0 Å². The lowest BCUT2D eigenvalue weighted by Crippen LogP contribution is -2.22. The first-order chi connectivity index (χ1) is 6.77. The van der Waals surface area contributed by atoms with Crippen LogP contribution in [0.4, 0.5) is 0 Å². The second kappa shape index (κ2) is 5.73. The molecule has 2 atom stereocenters. The van der Waals surface area contributed by atoms with Crippen LogP contribution in [0.3, 0.4) is 0 Å². The fourth-order valence-electron chi connectivity index (χ4n) is 1.58. The predicted octanol–water partition coefficient (Wildman–Crippen LogP) is 1.28. The topological polar surface area (TPSA) is 59.1 Å². The van der Waals surface area contributed by atoms with E-state index in [1.165, 1.54) is 5.56 Å². The zero-order valence-electron chi connectivity index (χ0n) is 8.56. The molecule has 0 bridgehead atoms. The van der Waals surface area contributed by atoms with Crippen LogP contribution in [-0.2, 0) is 0 Å².